The molecule has 3 aliphatic heterocycles. The van der Waals surface area contributed by atoms with Gasteiger partial charge in [-0.3, -0.25) is 4.79 Å². The lowest BCUT2D eigenvalue weighted by Crippen LogP contribution is -2.41. The van der Waals surface area contributed by atoms with Gasteiger partial charge >= 0.3 is 0 Å². The lowest BCUT2D eigenvalue weighted by Gasteiger charge is -2.34. The van der Waals surface area contributed by atoms with Crippen molar-refractivity contribution < 1.29 is 4.79 Å². The Hall–Kier alpha value is -1.91. The second-order valence-electron chi connectivity index (χ2n) is 8.57. The number of nitrogens with zero attached hydrogens (tertiary/aromatic N) is 3. The average Bonchev–Trinajstić information content (AvgIpc) is 2.88. The fourth-order valence-electron chi connectivity index (χ4n) is 4.84. The summed E-state index contributed by atoms with van der Waals surface area (Å²) < 4.78 is 0. The zero-order chi connectivity index (χ0) is 19.0. The van der Waals surface area contributed by atoms with Crippen molar-refractivity contribution >= 4 is 11.6 Å². The zero-order valence-electron chi connectivity index (χ0n) is 16.9. The Kier molecular flexibility index (Phi) is 4.95. The third-order valence-corrected chi connectivity index (χ3v) is 6.57. The van der Waals surface area contributed by atoms with Crippen LogP contribution in [0.2, 0.25) is 0 Å². The predicted octanol–water partition coefficient (Wildman–Crippen LogP) is 3.20. The number of rotatable bonds is 4. The molecule has 144 valence electrons. The van der Waals surface area contributed by atoms with Crippen molar-refractivity contribution in [2.45, 2.75) is 31.1 Å². The van der Waals surface area contributed by atoms with Gasteiger partial charge in [-0.15, -0.1) is 0 Å². The number of amides is 1. The largest absolute Gasteiger partial charge is 0.314 e. The Labute approximate surface area is 163 Å². The summed E-state index contributed by atoms with van der Waals surface area (Å²) in [7, 11) is 6.27. The first-order valence-electron chi connectivity index (χ1n) is 10.1. The van der Waals surface area contributed by atoms with Crippen LogP contribution in [0.5, 0.6) is 0 Å². The predicted molar refractivity (Wildman–Crippen MR) is 111 cm³/mol. The van der Waals surface area contributed by atoms with E-state index in [-0.39, 0.29) is 5.91 Å². The molecule has 4 nitrogen and oxygen atoms in total. The molecule has 0 radical (unpaired) electrons. The van der Waals surface area contributed by atoms with E-state index in [0.29, 0.717) is 0 Å². The smallest absolute Gasteiger partial charge is 0.238 e. The monoisotopic (exact) mass is 365 g/mol. The molecule has 1 amide bonds. The number of carbonyl (C=O) groups is 1. The Bertz CT molecular complexity index is 763. The van der Waals surface area contributed by atoms with Gasteiger partial charge in [0.25, 0.3) is 0 Å². The topological polar surface area (TPSA) is 26.8 Å². The molecular weight excluding hydrogens is 334 g/mol. The summed E-state index contributed by atoms with van der Waals surface area (Å²) in [5, 5.41) is 0. The molecular formula is C23H31N3O. The van der Waals surface area contributed by atoms with Gasteiger partial charge in [-0.1, -0.05) is 41.5 Å². The highest BCUT2D eigenvalue weighted by Gasteiger charge is 2.50. The van der Waals surface area contributed by atoms with E-state index in [1.54, 1.807) is 0 Å². The van der Waals surface area contributed by atoms with E-state index in [9.17, 15) is 4.79 Å². The average molecular weight is 366 g/mol. The Morgan fingerprint density at radius 1 is 0.889 bits per heavy atom. The quantitative estimate of drug-likeness (QED) is 0.767. The molecule has 0 fully saturated rings. The van der Waals surface area contributed by atoms with E-state index in [1.165, 1.54) is 16.7 Å². The number of likely N-dealkylation sites (N-methyl/N-ethyl adjacent to an activating group) is 3. The lowest BCUT2D eigenvalue weighted by atomic mass is 9.70. The third kappa shape index (κ3) is 3.37. The molecule has 4 rings (SSSR count). The second kappa shape index (κ2) is 7.25. The maximum Gasteiger partial charge on any atom is 0.238 e. The van der Waals surface area contributed by atoms with Gasteiger partial charge in [0.2, 0.25) is 5.91 Å². The van der Waals surface area contributed by atoms with Crippen molar-refractivity contribution in [2.75, 3.05) is 52.2 Å². The van der Waals surface area contributed by atoms with E-state index >= 15 is 0 Å². The Morgan fingerprint density at radius 3 is 1.96 bits per heavy atom. The van der Waals surface area contributed by atoms with Gasteiger partial charge in [0.1, 0.15) is 0 Å². The summed E-state index contributed by atoms with van der Waals surface area (Å²) >= 11 is 0. The van der Waals surface area contributed by atoms with Crippen LogP contribution in [0.15, 0.2) is 47.6 Å². The Balaban J connectivity index is 1.73. The molecule has 1 aromatic carbocycles. The molecule has 1 aromatic rings. The standard InChI is InChI=1S/C23H31N3O/c1-24-12-8-18(9-13-24)16-23(17-19-10-14-25(2)15-11-19)20-6-4-5-7-21(20)26(3)22(23)27/h4-8,10H,9,11-17H2,1-3H3. The van der Waals surface area contributed by atoms with Crippen LogP contribution in [-0.2, 0) is 10.2 Å². The molecule has 0 saturated carbocycles. The number of hydrogen-bond acceptors (Lipinski definition) is 3. The van der Waals surface area contributed by atoms with Crippen LogP contribution in [0.25, 0.3) is 0 Å². The summed E-state index contributed by atoms with van der Waals surface area (Å²) in [6.45, 7) is 4.15. The molecule has 0 spiro atoms. The number of para-hydroxylation sites is 1. The van der Waals surface area contributed by atoms with Gasteiger partial charge in [0.15, 0.2) is 0 Å². The summed E-state index contributed by atoms with van der Waals surface area (Å²) in [4.78, 5) is 20.2. The van der Waals surface area contributed by atoms with Gasteiger partial charge in [0.05, 0.1) is 5.41 Å². The maximum absolute atomic E-state index is 13.6. The van der Waals surface area contributed by atoms with Crippen LogP contribution in [0.1, 0.15) is 31.2 Å². The molecule has 3 heterocycles. The van der Waals surface area contributed by atoms with E-state index in [0.717, 1.165) is 57.5 Å². The molecule has 0 aliphatic carbocycles. The van der Waals surface area contributed by atoms with Crippen molar-refractivity contribution in [2.24, 2.45) is 0 Å². The van der Waals surface area contributed by atoms with Crippen LogP contribution in [0.3, 0.4) is 0 Å². The number of anilines is 1. The van der Waals surface area contributed by atoms with Gasteiger partial charge in [-0.2, -0.15) is 0 Å². The van der Waals surface area contributed by atoms with Crippen molar-refractivity contribution in [3.8, 4) is 0 Å². The van der Waals surface area contributed by atoms with Gasteiger partial charge in [0, 0.05) is 38.9 Å². The van der Waals surface area contributed by atoms with Crippen molar-refractivity contribution in [3.63, 3.8) is 0 Å². The zero-order valence-corrected chi connectivity index (χ0v) is 16.9. The minimum Gasteiger partial charge on any atom is -0.314 e. The van der Waals surface area contributed by atoms with Crippen molar-refractivity contribution in [1.82, 2.24) is 9.80 Å². The third-order valence-electron chi connectivity index (χ3n) is 6.57. The highest BCUT2D eigenvalue weighted by atomic mass is 16.2. The normalized spacial score (nSPS) is 23.2. The lowest BCUT2D eigenvalue weighted by molar-refractivity contribution is -0.123. The van der Waals surface area contributed by atoms with Gasteiger partial charge < -0.3 is 14.7 Å². The number of carbonyl (C=O) groups excluding carboxylic acids is 1. The van der Waals surface area contributed by atoms with Crippen LogP contribution in [0.4, 0.5) is 5.69 Å². The van der Waals surface area contributed by atoms with Crippen LogP contribution in [-0.4, -0.2) is 63.0 Å². The van der Waals surface area contributed by atoms with E-state index in [2.05, 4.69) is 54.2 Å². The fraction of sp³-hybridized carbons (Fsp3) is 0.522. The minimum atomic E-state index is -0.436. The highest BCUT2D eigenvalue weighted by Crippen LogP contribution is 2.49. The molecule has 3 aliphatic rings. The molecule has 0 N–H and O–H groups in total. The van der Waals surface area contributed by atoms with Gasteiger partial charge in [-0.05, 0) is 51.4 Å². The summed E-state index contributed by atoms with van der Waals surface area (Å²) in [5.74, 6) is 0.267. The number of benzene rings is 1. The summed E-state index contributed by atoms with van der Waals surface area (Å²) in [5.41, 5.74) is 4.76. The molecule has 0 saturated heterocycles. The highest BCUT2D eigenvalue weighted by molar-refractivity contribution is 6.08. The van der Waals surface area contributed by atoms with Crippen LogP contribution >= 0.6 is 0 Å². The van der Waals surface area contributed by atoms with Crippen LogP contribution in [0, 0.1) is 0 Å². The summed E-state index contributed by atoms with van der Waals surface area (Å²) in [6, 6.07) is 8.41. The number of fused-ring (bicyclic) bond motifs is 1. The SMILES string of the molecule is CN1CC=C(CC2(CC3=CCN(C)CC3)C(=O)N(C)c3ccccc32)CC1. The molecule has 0 unspecified atom stereocenters. The van der Waals surface area contributed by atoms with Crippen molar-refractivity contribution in [1.29, 1.82) is 0 Å². The van der Waals surface area contributed by atoms with E-state index < -0.39 is 5.41 Å². The van der Waals surface area contributed by atoms with E-state index in [4.69, 9.17) is 0 Å². The second-order valence-corrected chi connectivity index (χ2v) is 8.57. The molecule has 0 aromatic heterocycles. The maximum atomic E-state index is 13.6. The van der Waals surface area contributed by atoms with Crippen LogP contribution < -0.4 is 4.90 Å². The summed E-state index contributed by atoms with van der Waals surface area (Å²) in [6.07, 6.45) is 8.55. The fourth-order valence-corrected chi connectivity index (χ4v) is 4.84. The first kappa shape index (κ1) is 18.5. The Morgan fingerprint density at radius 2 is 1.44 bits per heavy atom. The first-order chi connectivity index (χ1) is 13.0. The van der Waals surface area contributed by atoms with Gasteiger partial charge in [-0.25, -0.2) is 0 Å². The molecule has 4 heteroatoms. The number of hydrogen-bond donors (Lipinski definition) is 0. The molecule has 0 atom stereocenters. The molecule has 0 bridgehead atoms. The van der Waals surface area contributed by atoms with E-state index in [1.807, 2.05) is 18.0 Å². The molecule has 27 heavy (non-hydrogen) atoms. The first-order valence-corrected chi connectivity index (χ1v) is 10.1. The van der Waals surface area contributed by atoms with Crippen molar-refractivity contribution in [3.05, 3.63) is 53.1 Å². The minimum absolute atomic E-state index is 0.267.